The number of benzene rings is 1. The quantitative estimate of drug-likeness (QED) is 0.666. The molecule has 0 aliphatic carbocycles. The largest absolute Gasteiger partial charge is 0.379 e. The molecule has 0 saturated carbocycles. The van der Waals surface area contributed by atoms with Crippen molar-refractivity contribution < 1.29 is 9.47 Å². The van der Waals surface area contributed by atoms with Gasteiger partial charge in [0, 0.05) is 12.2 Å². The molecular formula is C16H23N3O2. The van der Waals surface area contributed by atoms with Gasteiger partial charge in [0.2, 0.25) is 0 Å². The van der Waals surface area contributed by atoms with Crippen molar-refractivity contribution >= 4 is 0 Å². The maximum atomic E-state index is 5.50. The summed E-state index contributed by atoms with van der Waals surface area (Å²) in [5.74, 6) is 0. The van der Waals surface area contributed by atoms with E-state index in [1.165, 1.54) is 5.56 Å². The molecule has 0 radical (unpaired) electrons. The highest BCUT2D eigenvalue weighted by molar-refractivity contribution is 5.57. The van der Waals surface area contributed by atoms with E-state index in [0.29, 0.717) is 26.4 Å². The molecule has 0 unspecified atom stereocenters. The van der Waals surface area contributed by atoms with Crippen LogP contribution in [-0.4, -0.2) is 41.4 Å². The van der Waals surface area contributed by atoms with E-state index in [0.717, 1.165) is 24.3 Å². The first kappa shape index (κ1) is 15.7. The van der Waals surface area contributed by atoms with Crippen molar-refractivity contribution in [2.75, 3.05) is 26.4 Å². The first-order valence-electron chi connectivity index (χ1n) is 7.42. The third-order valence-electron chi connectivity index (χ3n) is 3.07. The predicted molar refractivity (Wildman–Crippen MR) is 82.1 cm³/mol. The van der Waals surface area contributed by atoms with E-state index in [1.54, 1.807) is 0 Å². The maximum absolute atomic E-state index is 5.50. The fourth-order valence-corrected chi connectivity index (χ4v) is 1.89. The van der Waals surface area contributed by atoms with Gasteiger partial charge >= 0.3 is 0 Å². The second-order valence-electron chi connectivity index (χ2n) is 4.96. The Balaban J connectivity index is 1.72. The van der Waals surface area contributed by atoms with Gasteiger partial charge in [-0.25, -0.2) is 4.68 Å². The van der Waals surface area contributed by atoms with E-state index < -0.39 is 0 Å². The van der Waals surface area contributed by atoms with Crippen LogP contribution in [0.4, 0.5) is 0 Å². The Hall–Kier alpha value is -1.72. The summed E-state index contributed by atoms with van der Waals surface area (Å²) in [4.78, 5) is 0. The van der Waals surface area contributed by atoms with Crippen LogP contribution >= 0.6 is 0 Å². The Morgan fingerprint density at radius 1 is 1.00 bits per heavy atom. The maximum Gasteiger partial charge on any atom is 0.113 e. The van der Waals surface area contributed by atoms with Crippen molar-refractivity contribution in [1.82, 2.24) is 15.0 Å². The van der Waals surface area contributed by atoms with Crippen molar-refractivity contribution in [2.24, 2.45) is 0 Å². The number of hydrogen-bond acceptors (Lipinski definition) is 4. The molecule has 1 heterocycles. The number of aromatic nitrogens is 3. The van der Waals surface area contributed by atoms with Crippen LogP contribution in [0.2, 0.25) is 0 Å². The zero-order valence-corrected chi connectivity index (χ0v) is 12.8. The van der Waals surface area contributed by atoms with Crippen LogP contribution in [0.1, 0.15) is 18.9 Å². The molecule has 0 atom stereocenters. The van der Waals surface area contributed by atoms with Gasteiger partial charge in [-0.3, -0.25) is 0 Å². The lowest BCUT2D eigenvalue weighted by Crippen LogP contribution is -2.10. The van der Waals surface area contributed by atoms with E-state index in [2.05, 4.69) is 48.4 Å². The Bertz CT molecular complexity index is 523. The number of nitrogens with zero attached hydrogens (tertiary/aromatic N) is 3. The van der Waals surface area contributed by atoms with Crippen LogP contribution in [0.15, 0.2) is 30.5 Å². The minimum atomic E-state index is 0.617. The lowest BCUT2D eigenvalue weighted by Gasteiger charge is -2.04. The summed E-state index contributed by atoms with van der Waals surface area (Å²) in [7, 11) is 0. The van der Waals surface area contributed by atoms with Gasteiger partial charge in [0.25, 0.3) is 0 Å². The second kappa shape index (κ2) is 8.54. The zero-order chi connectivity index (χ0) is 14.9. The molecule has 1 aromatic heterocycles. The molecule has 0 N–H and O–H groups in total. The van der Waals surface area contributed by atoms with Gasteiger partial charge in [0.05, 0.1) is 32.6 Å². The zero-order valence-electron chi connectivity index (χ0n) is 12.8. The van der Waals surface area contributed by atoms with Crippen molar-refractivity contribution in [3.05, 3.63) is 36.0 Å². The van der Waals surface area contributed by atoms with Gasteiger partial charge in [-0.1, -0.05) is 42.0 Å². The van der Waals surface area contributed by atoms with Crippen LogP contribution in [-0.2, 0) is 16.0 Å². The monoisotopic (exact) mass is 289 g/mol. The van der Waals surface area contributed by atoms with Crippen molar-refractivity contribution in [2.45, 2.75) is 26.8 Å². The summed E-state index contributed by atoms with van der Waals surface area (Å²) in [6, 6.07) is 8.28. The molecular weight excluding hydrogens is 266 g/mol. The van der Waals surface area contributed by atoms with Gasteiger partial charge in [-0.15, -0.1) is 5.10 Å². The number of rotatable bonds is 9. The Morgan fingerprint density at radius 3 is 2.43 bits per heavy atom. The number of ether oxygens (including phenoxy) is 2. The third kappa shape index (κ3) is 5.28. The average Bonchev–Trinajstić information content (AvgIpc) is 2.96. The first-order valence-corrected chi connectivity index (χ1v) is 7.42. The van der Waals surface area contributed by atoms with Crippen molar-refractivity contribution in [3.8, 4) is 11.3 Å². The lowest BCUT2D eigenvalue weighted by atomic mass is 10.1. The van der Waals surface area contributed by atoms with Crippen molar-refractivity contribution in [1.29, 1.82) is 0 Å². The SMILES string of the molecule is CCCOCCOCCn1cc(-c2ccc(C)cc2)nn1. The van der Waals surface area contributed by atoms with E-state index in [4.69, 9.17) is 9.47 Å². The standard InChI is InChI=1S/C16H23N3O2/c1-3-9-20-11-12-21-10-8-19-13-16(17-18-19)15-6-4-14(2)5-7-15/h4-7,13H,3,8-12H2,1-2H3. The van der Waals surface area contributed by atoms with E-state index >= 15 is 0 Å². The molecule has 0 bridgehead atoms. The average molecular weight is 289 g/mol. The van der Waals surface area contributed by atoms with E-state index in [-0.39, 0.29) is 0 Å². The molecule has 1 aromatic carbocycles. The van der Waals surface area contributed by atoms with E-state index in [9.17, 15) is 0 Å². The fourth-order valence-electron chi connectivity index (χ4n) is 1.89. The minimum absolute atomic E-state index is 0.617. The molecule has 114 valence electrons. The molecule has 21 heavy (non-hydrogen) atoms. The second-order valence-corrected chi connectivity index (χ2v) is 4.96. The molecule has 2 aromatic rings. The third-order valence-corrected chi connectivity index (χ3v) is 3.07. The predicted octanol–water partition coefficient (Wildman–Crippen LogP) is 2.70. The molecule has 0 aliphatic rings. The number of hydrogen-bond donors (Lipinski definition) is 0. The first-order chi connectivity index (χ1) is 10.3. The molecule has 2 rings (SSSR count). The highest BCUT2D eigenvalue weighted by atomic mass is 16.5. The molecule has 0 aliphatic heterocycles. The Morgan fingerprint density at radius 2 is 1.71 bits per heavy atom. The van der Waals surface area contributed by atoms with Gasteiger partial charge in [-0.2, -0.15) is 0 Å². The van der Waals surface area contributed by atoms with Crippen LogP contribution in [0, 0.1) is 6.92 Å². The van der Waals surface area contributed by atoms with Gasteiger partial charge in [-0.05, 0) is 13.3 Å². The molecule has 5 heteroatoms. The minimum Gasteiger partial charge on any atom is -0.379 e. The summed E-state index contributed by atoms with van der Waals surface area (Å²) < 4.78 is 12.7. The molecule has 0 spiro atoms. The normalized spacial score (nSPS) is 11.0. The molecule has 0 saturated heterocycles. The summed E-state index contributed by atoms with van der Waals surface area (Å²) >= 11 is 0. The Labute approximate surface area is 125 Å². The number of aryl methyl sites for hydroxylation is 1. The van der Waals surface area contributed by atoms with Gasteiger partial charge < -0.3 is 9.47 Å². The van der Waals surface area contributed by atoms with Crippen LogP contribution in [0.25, 0.3) is 11.3 Å². The highest BCUT2D eigenvalue weighted by Gasteiger charge is 2.03. The smallest absolute Gasteiger partial charge is 0.113 e. The summed E-state index contributed by atoms with van der Waals surface area (Å²) in [6.45, 7) is 7.56. The summed E-state index contributed by atoms with van der Waals surface area (Å²) in [5, 5.41) is 8.31. The van der Waals surface area contributed by atoms with Gasteiger partial charge in [0.1, 0.15) is 5.69 Å². The molecule has 0 amide bonds. The van der Waals surface area contributed by atoms with Crippen LogP contribution < -0.4 is 0 Å². The Kier molecular flexibility index (Phi) is 6.37. The fraction of sp³-hybridized carbons (Fsp3) is 0.500. The van der Waals surface area contributed by atoms with Gasteiger partial charge in [0.15, 0.2) is 0 Å². The van der Waals surface area contributed by atoms with Crippen molar-refractivity contribution in [3.63, 3.8) is 0 Å². The van der Waals surface area contributed by atoms with E-state index in [1.807, 2.05) is 10.9 Å². The summed E-state index contributed by atoms with van der Waals surface area (Å²) in [6.07, 6.45) is 2.99. The lowest BCUT2D eigenvalue weighted by molar-refractivity contribution is 0.0441. The van der Waals surface area contributed by atoms with Crippen LogP contribution in [0.3, 0.4) is 0 Å². The molecule has 0 fully saturated rings. The highest BCUT2D eigenvalue weighted by Crippen LogP contribution is 2.16. The van der Waals surface area contributed by atoms with Crippen LogP contribution in [0.5, 0.6) is 0 Å². The summed E-state index contributed by atoms with van der Waals surface area (Å²) in [5.41, 5.74) is 3.21. The molecule has 5 nitrogen and oxygen atoms in total. The topological polar surface area (TPSA) is 49.2 Å².